The number of rotatable bonds is 5. The summed E-state index contributed by atoms with van der Waals surface area (Å²) in [5.41, 5.74) is -2.21. The molecule has 0 unspecified atom stereocenters. The summed E-state index contributed by atoms with van der Waals surface area (Å²) in [6.45, 7) is 0. The first-order chi connectivity index (χ1) is 10.4. The van der Waals surface area contributed by atoms with Crippen molar-refractivity contribution < 1.29 is 57.1 Å². The molecule has 0 saturated carbocycles. The van der Waals surface area contributed by atoms with Crippen LogP contribution < -0.4 is 0 Å². The smallest absolute Gasteiger partial charge is 0.343 e. The molecule has 0 saturated heterocycles. The highest BCUT2D eigenvalue weighted by molar-refractivity contribution is 5.17. The molecular weight excluding hydrogens is 383 g/mol. The number of aromatic nitrogens is 2. The molecule has 140 valence electrons. The van der Waals surface area contributed by atoms with Gasteiger partial charge in [0.15, 0.2) is 0 Å². The highest BCUT2D eigenvalue weighted by Gasteiger charge is 2.91. The molecule has 0 radical (unpaired) electrons. The molecule has 0 atom stereocenters. The van der Waals surface area contributed by atoms with E-state index >= 15 is 0 Å². The van der Waals surface area contributed by atoms with Crippen molar-refractivity contribution in [2.75, 3.05) is 0 Å². The molecule has 2 nitrogen and oxygen atoms in total. The van der Waals surface area contributed by atoms with Crippen molar-refractivity contribution in [2.24, 2.45) is 0 Å². The second kappa shape index (κ2) is 5.15. The fraction of sp³-hybridized carbons (Fsp3) is 0.667. The number of imidazole rings is 1. The molecule has 0 fully saturated rings. The van der Waals surface area contributed by atoms with Gasteiger partial charge in [-0.2, -0.15) is 57.1 Å². The molecule has 1 aromatic rings. The lowest BCUT2D eigenvalue weighted by Crippen LogP contribution is -2.69. The van der Waals surface area contributed by atoms with Gasteiger partial charge in [0.25, 0.3) is 0 Å². The lowest BCUT2D eigenvalue weighted by atomic mass is 9.93. The second-order valence-electron chi connectivity index (χ2n) is 4.34. The molecule has 0 amide bonds. The van der Waals surface area contributed by atoms with Gasteiger partial charge in [-0.05, 0) is 0 Å². The highest BCUT2D eigenvalue weighted by Crippen LogP contribution is 2.61. The number of nitrogens with one attached hydrogen (secondary N) is 1. The van der Waals surface area contributed by atoms with Gasteiger partial charge in [0.1, 0.15) is 5.69 Å². The molecule has 1 aromatic heterocycles. The van der Waals surface area contributed by atoms with Crippen LogP contribution in [0, 0.1) is 0 Å². The van der Waals surface area contributed by atoms with Gasteiger partial charge in [-0.3, -0.25) is 0 Å². The highest BCUT2D eigenvalue weighted by atomic mass is 19.4. The molecule has 1 N–H and O–H groups in total. The van der Waals surface area contributed by atoms with E-state index in [1.165, 1.54) is 0 Å². The maximum Gasteiger partial charge on any atom is 0.460 e. The Bertz CT molecular complexity index is 571. The van der Waals surface area contributed by atoms with E-state index in [2.05, 4.69) is 4.98 Å². The summed E-state index contributed by atoms with van der Waals surface area (Å²) in [5.74, 6) is -37.0. The third-order valence-corrected chi connectivity index (χ3v) is 2.77. The Balaban J connectivity index is 3.51. The first-order valence-corrected chi connectivity index (χ1v) is 5.30. The largest absolute Gasteiger partial charge is 0.460 e. The molecule has 24 heavy (non-hydrogen) atoms. The Morgan fingerprint density at radius 1 is 0.625 bits per heavy atom. The summed E-state index contributed by atoms with van der Waals surface area (Å²) in [7, 11) is 0. The molecule has 1 heterocycles. The molecular formula is C9H3F13N2. The van der Waals surface area contributed by atoms with E-state index in [0.717, 1.165) is 4.98 Å². The minimum absolute atomic E-state index is 0.222. The van der Waals surface area contributed by atoms with Crippen molar-refractivity contribution in [3.05, 3.63) is 18.2 Å². The van der Waals surface area contributed by atoms with Gasteiger partial charge in [-0.15, -0.1) is 0 Å². The summed E-state index contributed by atoms with van der Waals surface area (Å²) >= 11 is 0. The summed E-state index contributed by atoms with van der Waals surface area (Å²) < 4.78 is 165. The van der Waals surface area contributed by atoms with Crippen molar-refractivity contribution >= 4 is 0 Å². The van der Waals surface area contributed by atoms with Crippen LogP contribution in [0.1, 0.15) is 5.69 Å². The lowest BCUT2D eigenvalue weighted by Gasteiger charge is -2.39. The number of aromatic amines is 1. The Morgan fingerprint density at radius 3 is 1.38 bits per heavy atom. The average Bonchev–Trinajstić information content (AvgIpc) is 2.90. The quantitative estimate of drug-likeness (QED) is 0.737. The van der Waals surface area contributed by atoms with Crippen LogP contribution in [0.5, 0.6) is 0 Å². The van der Waals surface area contributed by atoms with Crippen LogP contribution in [0.2, 0.25) is 0 Å². The first kappa shape index (κ1) is 20.3. The molecule has 0 aliphatic carbocycles. The molecule has 1 rings (SSSR count). The zero-order valence-electron chi connectivity index (χ0n) is 10.5. The molecule has 0 bridgehead atoms. The summed E-state index contributed by atoms with van der Waals surface area (Å²) in [6.07, 6.45) is -7.43. The van der Waals surface area contributed by atoms with Gasteiger partial charge in [-0.25, -0.2) is 4.98 Å². The van der Waals surface area contributed by atoms with Gasteiger partial charge in [0.2, 0.25) is 0 Å². The van der Waals surface area contributed by atoms with Gasteiger partial charge < -0.3 is 4.98 Å². The number of alkyl halides is 13. The van der Waals surface area contributed by atoms with Crippen LogP contribution in [0.15, 0.2) is 12.5 Å². The van der Waals surface area contributed by atoms with E-state index in [1.807, 2.05) is 0 Å². The van der Waals surface area contributed by atoms with Crippen molar-refractivity contribution in [3.63, 3.8) is 0 Å². The van der Waals surface area contributed by atoms with E-state index in [-0.39, 0.29) is 12.5 Å². The summed E-state index contributed by atoms with van der Waals surface area (Å²) in [4.78, 5) is 3.85. The minimum atomic E-state index is -7.90. The normalized spacial score (nSPS) is 15.7. The standard InChI is InChI=1S/C9H3F13N2/c10-4(11,3-1-23-2-24-3)5(12,13)6(14,15)7(16,17)8(18,19)9(20,21)22/h1-2H,(H,23,24). The van der Waals surface area contributed by atoms with Crippen molar-refractivity contribution in [1.29, 1.82) is 0 Å². The fourth-order valence-corrected chi connectivity index (χ4v) is 1.37. The SMILES string of the molecule is FC(F)(F)C(F)(F)C(F)(F)C(F)(F)C(F)(F)C(F)(F)c1cnc[nH]1. The van der Waals surface area contributed by atoms with Crippen molar-refractivity contribution in [2.45, 2.75) is 35.8 Å². The fourth-order valence-electron chi connectivity index (χ4n) is 1.37. The summed E-state index contributed by atoms with van der Waals surface area (Å²) in [6, 6.07) is 0. The van der Waals surface area contributed by atoms with E-state index in [1.54, 1.807) is 0 Å². The Hall–Kier alpha value is -1.70. The van der Waals surface area contributed by atoms with Gasteiger partial charge in [0.05, 0.1) is 12.5 Å². The van der Waals surface area contributed by atoms with E-state index < -0.39 is 41.5 Å². The lowest BCUT2D eigenvalue weighted by molar-refractivity contribution is -0.442. The topological polar surface area (TPSA) is 28.7 Å². The Labute approximate surface area is 122 Å². The molecule has 0 aliphatic heterocycles. The summed E-state index contributed by atoms with van der Waals surface area (Å²) in [5, 5.41) is 0. The molecule has 0 aromatic carbocycles. The van der Waals surface area contributed by atoms with Gasteiger partial charge in [-0.1, -0.05) is 0 Å². The molecule has 0 aliphatic rings. The van der Waals surface area contributed by atoms with Crippen LogP contribution in [0.25, 0.3) is 0 Å². The van der Waals surface area contributed by atoms with Crippen LogP contribution >= 0.6 is 0 Å². The van der Waals surface area contributed by atoms with Crippen LogP contribution in [0.3, 0.4) is 0 Å². The Kier molecular flexibility index (Phi) is 4.36. The van der Waals surface area contributed by atoms with Crippen molar-refractivity contribution in [3.8, 4) is 0 Å². The van der Waals surface area contributed by atoms with E-state index in [4.69, 9.17) is 0 Å². The number of H-pyrrole nitrogens is 1. The third kappa shape index (κ3) is 2.39. The number of hydrogen-bond acceptors (Lipinski definition) is 1. The first-order valence-electron chi connectivity index (χ1n) is 5.30. The maximum absolute atomic E-state index is 13.3. The van der Waals surface area contributed by atoms with E-state index in [9.17, 15) is 57.1 Å². The van der Waals surface area contributed by atoms with Crippen LogP contribution in [-0.2, 0) is 5.92 Å². The van der Waals surface area contributed by atoms with Crippen molar-refractivity contribution in [1.82, 2.24) is 9.97 Å². The zero-order chi connectivity index (χ0) is 19.4. The van der Waals surface area contributed by atoms with Crippen LogP contribution in [0.4, 0.5) is 57.1 Å². The average molecular weight is 386 g/mol. The number of nitrogens with zero attached hydrogens (tertiary/aromatic N) is 1. The Morgan fingerprint density at radius 2 is 1.04 bits per heavy atom. The van der Waals surface area contributed by atoms with Crippen LogP contribution in [-0.4, -0.2) is 39.8 Å². The number of halogens is 13. The predicted octanol–water partition coefficient (Wildman–Crippen LogP) is 4.61. The number of hydrogen-bond donors (Lipinski definition) is 1. The van der Waals surface area contributed by atoms with Gasteiger partial charge >= 0.3 is 35.8 Å². The predicted molar refractivity (Wildman–Crippen MR) is 48.3 cm³/mol. The van der Waals surface area contributed by atoms with E-state index in [0.29, 0.717) is 0 Å². The van der Waals surface area contributed by atoms with Gasteiger partial charge in [0, 0.05) is 0 Å². The maximum atomic E-state index is 13.3. The third-order valence-electron chi connectivity index (χ3n) is 2.77. The molecule has 0 spiro atoms. The molecule has 15 heteroatoms. The second-order valence-corrected chi connectivity index (χ2v) is 4.34. The monoisotopic (exact) mass is 386 g/mol. The minimum Gasteiger partial charge on any atom is -0.343 e. The zero-order valence-corrected chi connectivity index (χ0v) is 10.5.